The third-order valence-electron chi connectivity index (χ3n) is 7.76. The number of carbonyl (C=O) groups is 1. The lowest BCUT2D eigenvalue weighted by Crippen LogP contribution is -2.53. The number of hydrogen-bond acceptors (Lipinski definition) is 6. The lowest BCUT2D eigenvalue weighted by Gasteiger charge is -2.43. The highest BCUT2D eigenvalue weighted by molar-refractivity contribution is 5.71. The van der Waals surface area contributed by atoms with E-state index in [0.717, 1.165) is 34.4 Å². The Morgan fingerprint density at radius 1 is 1.02 bits per heavy atom. The third kappa shape index (κ3) is 6.78. The number of alkyl carbamates (subject to hydrolysis) is 1. The molecule has 1 aromatic heterocycles. The molecule has 0 spiro atoms. The molecule has 2 heterocycles. The normalized spacial score (nSPS) is 14.4. The van der Waals surface area contributed by atoms with Crippen molar-refractivity contribution in [1.82, 2.24) is 10.3 Å². The zero-order valence-corrected chi connectivity index (χ0v) is 24.1. The number of benzene rings is 3. The summed E-state index contributed by atoms with van der Waals surface area (Å²) in [6.07, 6.45) is -2.60. The van der Waals surface area contributed by atoms with Gasteiger partial charge in [0, 0.05) is 24.8 Å². The van der Waals surface area contributed by atoms with Crippen LogP contribution in [0.4, 0.5) is 23.7 Å². The first-order valence-electron chi connectivity index (χ1n) is 14.3. The Kier molecular flexibility index (Phi) is 9.04. The Balaban J connectivity index is 1.41. The van der Waals surface area contributed by atoms with Crippen molar-refractivity contribution < 1.29 is 27.4 Å². The van der Waals surface area contributed by atoms with Crippen LogP contribution in [0.25, 0.3) is 11.1 Å². The smallest absolute Gasteiger partial charge is 0.416 e. The predicted octanol–water partition coefficient (Wildman–Crippen LogP) is 7.46. The number of nitriles is 1. The van der Waals surface area contributed by atoms with Crippen LogP contribution >= 0.6 is 0 Å². The number of nitrogens with zero attached hydrogens (tertiary/aromatic N) is 3. The number of alkyl halides is 3. The molecule has 0 aliphatic carbocycles. The van der Waals surface area contributed by atoms with Gasteiger partial charge in [0.2, 0.25) is 5.88 Å². The summed E-state index contributed by atoms with van der Waals surface area (Å²) >= 11 is 0. The first-order chi connectivity index (χ1) is 21.2. The molecule has 1 fully saturated rings. The van der Waals surface area contributed by atoms with E-state index in [1.165, 1.54) is 6.07 Å². The summed E-state index contributed by atoms with van der Waals surface area (Å²) in [5, 5.41) is 12.7. The molecule has 1 saturated heterocycles. The van der Waals surface area contributed by atoms with Gasteiger partial charge < -0.3 is 19.7 Å². The van der Waals surface area contributed by atoms with Crippen LogP contribution in [0.15, 0.2) is 91.1 Å². The SMILES string of the molecule is CCOc1ncccc1-c1ccc(C2(NC(=O)OCc3ccccc3)CCN(c3ccc(C(F)(F)F)cc3C#N)CC2)cc1. The molecule has 5 rings (SSSR count). The number of nitrogens with one attached hydrogen (secondary N) is 1. The van der Waals surface area contributed by atoms with Crippen molar-refractivity contribution in [1.29, 1.82) is 5.26 Å². The molecule has 3 aromatic carbocycles. The number of aromatic nitrogens is 1. The fourth-order valence-electron chi connectivity index (χ4n) is 5.48. The van der Waals surface area contributed by atoms with Crippen LogP contribution in [0.2, 0.25) is 0 Å². The monoisotopic (exact) mass is 600 g/mol. The number of ether oxygens (including phenoxy) is 2. The van der Waals surface area contributed by atoms with Gasteiger partial charge in [0.25, 0.3) is 0 Å². The van der Waals surface area contributed by atoms with E-state index in [0.29, 0.717) is 44.1 Å². The van der Waals surface area contributed by atoms with Crippen LogP contribution < -0.4 is 15.0 Å². The fraction of sp³-hybridized carbons (Fsp3) is 0.265. The Morgan fingerprint density at radius 3 is 2.41 bits per heavy atom. The summed E-state index contributed by atoms with van der Waals surface area (Å²) in [6.45, 7) is 3.25. The van der Waals surface area contributed by atoms with Gasteiger partial charge in [-0.15, -0.1) is 0 Å². The number of carbonyl (C=O) groups excluding carboxylic acids is 1. The summed E-state index contributed by atoms with van der Waals surface area (Å²) in [7, 11) is 0. The Labute approximate surface area is 253 Å². The second-order valence-electron chi connectivity index (χ2n) is 10.5. The van der Waals surface area contributed by atoms with Crippen LogP contribution in [0.3, 0.4) is 0 Å². The minimum absolute atomic E-state index is 0.0477. The van der Waals surface area contributed by atoms with Crippen molar-refractivity contribution >= 4 is 11.8 Å². The van der Waals surface area contributed by atoms with Crippen molar-refractivity contribution in [2.75, 3.05) is 24.6 Å². The number of amides is 1. The number of rotatable bonds is 8. The van der Waals surface area contributed by atoms with Crippen LogP contribution in [0.5, 0.6) is 5.88 Å². The first-order valence-corrected chi connectivity index (χ1v) is 14.3. The van der Waals surface area contributed by atoms with Gasteiger partial charge in [0.05, 0.1) is 29.0 Å². The maximum Gasteiger partial charge on any atom is 0.416 e. The minimum atomic E-state index is -4.55. The van der Waals surface area contributed by atoms with E-state index in [1.807, 2.05) is 84.6 Å². The largest absolute Gasteiger partial charge is 0.478 e. The molecular weight excluding hydrogens is 569 g/mol. The summed E-state index contributed by atoms with van der Waals surface area (Å²) in [4.78, 5) is 19.4. The lowest BCUT2D eigenvalue weighted by atomic mass is 9.80. The van der Waals surface area contributed by atoms with E-state index in [9.17, 15) is 23.2 Å². The molecule has 7 nitrogen and oxygen atoms in total. The van der Waals surface area contributed by atoms with Crippen molar-refractivity contribution in [2.45, 2.75) is 38.1 Å². The highest BCUT2D eigenvalue weighted by Crippen LogP contribution is 2.39. The van der Waals surface area contributed by atoms with E-state index in [1.54, 1.807) is 6.20 Å². The number of hydrogen-bond donors (Lipinski definition) is 1. The third-order valence-corrected chi connectivity index (χ3v) is 7.76. The van der Waals surface area contributed by atoms with Gasteiger partial charge in [0.1, 0.15) is 12.7 Å². The molecule has 1 amide bonds. The topological polar surface area (TPSA) is 87.5 Å². The number of pyridine rings is 1. The van der Waals surface area contributed by atoms with Crippen molar-refractivity contribution in [3.8, 4) is 23.1 Å². The van der Waals surface area contributed by atoms with Crippen molar-refractivity contribution in [3.63, 3.8) is 0 Å². The quantitative estimate of drug-likeness (QED) is 0.226. The zero-order chi connectivity index (χ0) is 31.2. The second kappa shape index (κ2) is 13.1. The van der Waals surface area contributed by atoms with Gasteiger partial charge >= 0.3 is 12.3 Å². The Morgan fingerprint density at radius 2 is 1.75 bits per heavy atom. The van der Waals surface area contributed by atoms with E-state index < -0.39 is 23.4 Å². The molecule has 1 N–H and O–H groups in total. The summed E-state index contributed by atoms with van der Waals surface area (Å²) in [5.41, 5.74) is 2.13. The number of halogens is 3. The number of piperidine rings is 1. The highest BCUT2D eigenvalue weighted by atomic mass is 19.4. The van der Waals surface area contributed by atoms with Gasteiger partial charge in [-0.3, -0.25) is 0 Å². The molecule has 1 aliphatic rings. The molecular formula is C34H31F3N4O3. The Hall–Kier alpha value is -5.04. The molecule has 0 atom stereocenters. The fourth-order valence-corrected chi connectivity index (χ4v) is 5.48. The van der Waals surface area contributed by atoms with Crippen LogP contribution in [0.1, 0.15) is 42.0 Å². The van der Waals surface area contributed by atoms with Gasteiger partial charge in [-0.25, -0.2) is 9.78 Å². The molecule has 0 unspecified atom stereocenters. The van der Waals surface area contributed by atoms with E-state index in [2.05, 4.69) is 10.3 Å². The standard InChI is InChI=1S/C34H31F3N4O3/c1-2-43-31-29(9-6-18-39-31)25-10-12-27(13-11-25)33(40-32(42)44-23-24-7-4-3-5-8-24)16-19-41(20-17-33)30-15-14-28(34(35,36)37)21-26(30)22-38/h3-15,18,21H,2,16-17,19-20,23H2,1H3,(H,40,42). The van der Waals surface area contributed by atoms with Crippen LogP contribution in [-0.2, 0) is 23.1 Å². The zero-order valence-electron chi connectivity index (χ0n) is 24.1. The average Bonchev–Trinajstić information content (AvgIpc) is 3.04. The summed E-state index contributed by atoms with van der Waals surface area (Å²) in [5.74, 6) is 0.526. The second-order valence-corrected chi connectivity index (χ2v) is 10.5. The van der Waals surface area contributed by atoms with E-state index in [-0.39, 0.29) is 12.2 Å². The van der Waals surface area contributed by atoms with E-state index >= 15 is 0 Å². The minimum Gasteiger partial charge on any atom is -0.478 e. The molecule has 10 heteroatoms. The lowest BCUT2D eigenvalue weighted by molar-refractivity contribution is -0.137. The van der Waals surface area contributed by atoms with Crippen molar-refractivity contribution in [2.24, 2.45) is 0 Å². The number of anilines is 1. The summed E-state index contributed by atoms with van der Waals surface area (Å²) in [6, 6.07) is 26.0. The van der Waals surface area contributed by atoms with Gasteiger partial charge in [0.15, 0.2) is 0 Å². The molecule has 0 saturated carbocycles. The average molecular weight is 601 g/mol. The molecule has 4 aromatic rings. The maximum absolute atomic E-state index is 13.3. The summed E-state index contributed by atoms with van der Waals surface area (Å²) < 4.78 is 51.1. The Bertz CT molecular complexity index is 1630. The predicted molar refractivity (Wildman–Crippen MR) is 160 cm³/mol. The highest BCUT2D eigenvalue weighted by Gasteiger charge is 2.39. The van der Waals surface area contributed by atoms with Crippen molar-refractivity contribution in [3.05, 3.63) is 113 Å². The van der Waals surface area contributed by atoms with Gasteiger partial charge in [-0.2, -0.15) is 18.4 Å². The molecule has 1 aliphatic heterocycles. The van der Waals surface area contributed by atoms with Crippen LogP contribution in [-0.4, -0.2) is 30.8 Å². The van der Waals surface area contributed by atoms with Crippen LogP contribution in [0, 0.1) is 11.3 Å². The molecule has 226 valence electrons. The van der Waals surface area contributed by atoms with E-state index in [4.69, 9.17) is 9.47 Å². The van der Waals surface area contributed by atoms with Gasteiger partial charge in [-0.05, 0) is 66.8 Å². The molecule has 0 radical (unpaired) electrons. The first kappa shape index (κ1) is 30.4. The maximum atomic E-state index is 13.3. The van der Waals surface area contributed by atoms with Gasteiger partial charge in [-0.1, -0.05) is 54.6 Å². The molecule has 44 heavy (non-hydrogen) atoms. The molecule has 0 bridgehead atoms.